The van der Waals surface area contributed by atoms with E-state index >= 15 is 0 Å². The lowest BCUT2D eigenvalue weighted by molar-refractivity contribution is -0.120. The molecule has 0 radical (unpaired) electrons. The molecular weight excluding hydrogens is 346 g/mol. The van der Waals surface area contributed by atoms with E-state index in [4.69, 9.17) is 0 Å². The minimum Gasteiger partial charge on any atom is -0.324 e. The molecule has 2 aromatic rings. The molecule has 0 aliphatic heterocycles. The van der Waals surface area contributed by atoms with Crippen LogP contribution in [0.4, 0.5) is 5.69 Å². The number of anilines is 1. The van der Waals surface area contributed by atoms with E-state index in [2.05, 4.69) is 22.5 Å². The lowest BCUT2D eigenvalue weighted by Gasteiger charge is -2.23. The first-order valence-corrected chi connectivity index (χ1v) is 11.6. The SMILES string of the molecule is O=C(Nc1cnn2cccc2c1C1CCCCCCCC1)C1CCCCCC1. The number of carbonyl (C=O) groups excluding carboxylic acids is 1. The van der Waals surface area contributed by atoms with E-state index in [1.807, 2.05) is 16.9 Å². The molecule has 2 saturated carbocycles. The minimum atomic E-state index is 0.166. The van der Waals surface area contributed by atoms with Crippen molar-refractivity contribution in [2.75, 3.05) is 5.32 Å². The molecule has 1 amide bonds. The summed E-state index contributed by atoms with van der Waals surface area (Å²) >= 11 is 0. The Bertz CT molecular complexity index is 763. The van der Waals surface area contributed by atoms with Gasteiger partial charge in [-0.3, -0.25) is 4.79 Å². The number of nitrogens with zero attached hydrogens (tertiary/aromatic N) is 2. The van der Waals surface area contributed by atoms with Gasteiger partial charge in [0.1, 0.15) is 0 Å². The zero-order valence-corrected chi connectivity index (χ0v) is 17.2. The summed E-state index contributed by atoms with van der Waals surface area (Å²) in [6, 6.07) is 4.23. The number of carbonyl (C=O) groups is 1. The summed E-state index contributed by atoms with van der Waals surface area (Å²) in [5.74, 6) is 0.894. The van der Waals surface area contributed by atoms with Crippen molar-refractivity contribution in [3.8, 4) is 0 Å². The van der Waals surface area contributed by atoms with E-state index in [-0.39, 0.29) is 11.8 Å². The van der Waals surface area contributed by atoms with Crippen molar-refractivity contribution in [1.82, 2.24) is 9.61 Å². The summed E-state index contributed by atoms with van der Waals surface area (Å²) in [4.78, 5) is 13.1. The van der Waals surface area contributed by atoms with Crippen LogP contribution in [-0.2, 0) is 4.79 Å². The normalized spacial score (nSPS) is 20.9. The number of hydrogen-bond acceptors (Lipinski definition) is 2. The maximum absolute atomic E-state index is 13.1. The Morgan fingerprint density at radius 2 is 1.50 bits per heavy atom. The molecule has 4 nitrogen and oxygen atoms in total. The van der Waals surface area contributed by atoms with Crippen LogP contribution in [0.1, 0.15) is 101 Å². The second kappa shape index (κ2) is 9.58. The van der Waals surface area contributed by atoms with Crippen molar-refractivity contribution in [2.24, 2.45) is 5.92 Å². The Kier molecular flexibility index (Phi) is 6.66. The van der Waals surface area contributed by atoms with E-state index in [9.17, 15) is 4.79 Å². The molecule has 0 bridgehead atoms. The van der Waals surface area contributed by atoms with E-state index in [1.165, 1.54) is 88.1 Å². The molecule has 4 rings (SSSR count). The molecule has 0 spiro atoms. The smallest absolute Gasteiger partial charge is 0.227 e. The van der Waals surface area contributed by atoms with Crippen molar-refractivity contribution in [3.05, 3.63) is 30.1 Å². The predicted molar refractivity (Wildman–Crippen MR) is 115 cm³/mol. The van der Waals surface area contributed by atoms with Crippen molar-refractivity contribution >= 4 is 17.1 Å². The van der Waals surface area contributed by atoms with Crippen molar-refractivity contribution < 1.29 is 4.79 Å². The number of amides is 1. The number of hydrogen-bond donors (Lipinski definition) is 1. The summed E-state index contributed by atoms with van der Waals surface area (Å²) in [7, 11) is 0. The van der Waals surface area contributed by atoms with E-state index in [1.54, 1.807) is 0 Å². The van der Waals surface area contributed by atoms with Crippen molar-refractivity contribution in [2.45, 2.75) is 95.8 Å². The minimum absolute atomic E-state index is 0.166. The van der Waals surface area contributed by atoms with Crippen LogP contribution in [0.3, 0.4) is 0 Å². The van der Waals surface area contributed by atoms with Crippen LogP contribution in [0, 0.1) is 5.92 Å². The molecule has 1 N–H and O–H groups in total. The standard InChI is InChI=1S/C24H35N3O/c28-24(20-14-9-5-6-10-15-20)26-21-18-25-27-17-11-16-22(27)23(21)19-12-7-3-1-2-4-8-13-19/h11,16-20H,1-10,12-15H2,(H,26,28). The fourth-order valence-electron chi connectivity index (χ4n) is 5.24. The van der Waals surface area contributed by atoms with Gasteiger partial charge in [-0.2, -0.15) is 5.10 Å². The van der Waals surface area contributed by atoms with Crippen molar-refractivity contribution in [3.63, 3.8) is 0 Å². The van der Waals surface area contributed by atoms with Gasteiger partial charge >= 0.3 is 0 Å². The largest absolute Gasteiger partial charge is 0.324 e. The number of nitrogens with one attached hydrogen (secondary N) is 1. The molecule has 2 aliphatic carbocycles. The average Bonchev–Trinajstić information content (AvgIpc) is 3.07. The van der Waals surface area contributed by atoms with Crippen LogP contribution in [0.2, 0.25) is 0 Å². The molecule has 152 valence electrons. The van der Waals surface area contributed by atoms with Crippen LogP contribution >= 0.6 is 0 Å². The fourth-order valence-corrected chi connectivity index (χ4v) is 5.24. The summed E-state index contributed by atoms with van der Waals surface area (Å²) in [6.45, 7) is 0. The topological polar surface area (TPSA) is 46.4 Å². The molecule has 0 saturated heterocycles. The van der Waals surface area contributed by atoms with Gasteiger partial charge in [0.15, 0.2) is 0 Å². The molecule has 0 unspecified atom stereocenters. The Labute approximate surface area is 169 Å². The summed E-state index contributed by atoms with van der Waals surface area (Å²) in [6.07, 6.45) is 21.3. The van der Waals surface area contributed by atoms with Gasteiger partial charge in [-0.1, -0.05) is 64.2 Å². The van der Waals surface area contributed by atoms with Gasteiger partial charge in [-0.05, 0) is 43.7 Å². The first-order chi connectivity index (χ1) is 13.8. The molecule has 4 heteroatoms. The van der Waals surface area contributed by atoms with Gasteiger partial charge in [-0.25, -0.2) is 4.52 Å². The lowest BCUT2D eigenvalue weighted by atomic mass is 9.88. The Morgan fingerprint density at radius 1 is 0.893 bits per heavy atom. The Balaban J connectivity index is 1.61. The molecule has 2 fully saturated rings. The van der Waals surface area contributed by atoms with Crippen LogP contribution < -0.4 is 5.32 Å². The zero-order valence-electron chi connectivity index (χ0n) is 17.2. The third-order valence-corrected chi connectivity index (χ3v) is 6.85. The van der Waals surface area contributed by atoms with Crippen LogP contribution in [0.25, 0.3) is 5.52 Å². The highest BCUT2D eigenvalue weighted by atomic mass is 16.1. The van der Waals surface area contributed by atoms with Crippen LogP contribution in [0.15, 0.2) is 24.5 Å². The molecule has 0 atom stereocenters. The molecule has 28 heavy (non-hydrogen) atoms. The second-order valence-electron chi connectivity index (χ2n) is 8.88. The van der Waals surface area contributed by atoms with E-state index in [0.717, 1.165) is 18.5 Å². The van der Waals surface area contributed by atoms with Gasteiger partial charge in [-0.15, -0.1) is 0 Å². The highest BCUT2D eigenvalue weighted by molar-refractivity contribution is 5.94. The van der Waals surface area contributed by atoms with Gasteiger partial charge in [0.25, 0.3) is 0 Å². The summed E-state index contributed by atoms with van der Waals surface area (Å²) < 4.78 is 1.98. The van der Waals surface area contributed by atoms with E-state index < -0.39 is 0 Å². The maximum Gasteiger partial charge on any atom is 0.227 e. The molecule has 0 aromatic carbocycles. The van der Waals surface area contributed by atoms with E-state index in [0.29, 0.717) is 5.92 Å². The number of fused-ring (bicyclic) bond motifs is 1. The van der Waals surface area contributed by atoms with Gasteiger partial charge in [0, 0.05) is 17.7 Å². The van der Waals surface area contributed by atoms with Crippen molar-refractivity contribution in [1.29, 1.82) is 0 Å². The first-order valence-electron chi connectivity index (χ1n) is 11.6. The first kappa shape index (κ1) is 19.5. The Hall–Kier alpha value is -1.84. The number of rotatable bonds is 3. The average molecular weight is 382 g/mol. The van der Waals surface area contributed by atoms with Gasteiger partial charge in [0.2, 0.25) is 5.91 Å². The van der Waals surface area contributed by atoms with Gasteiger partial charge < -0.3 is 5.32 Å². The zero-order chi connectivity index (χ0) is 19.2. The predicted octanol–water partition coefficient (Wildman–Crippen LogP) is 6.46. The third-order valence-electron chi connectivity index (χ3n) is 6.85. The molecule has 2 aliphatic rings. The highest BCUT2D eigenvalue weighted by Crippen LogP contribution is 2.37. The second-order valence-corrected chi connectivity index (χ2v) is 8.88. The third kappa shape index (κ3) is 4.59. The molecular formula is C24H35N3O. The number of aromatic nitrogens is 2. The monoisotopic (exact) mass is 381 g/mol. The fraction of sp³-hybridized carbons (Fsp3) is 0.667. The maximum atomic E-state index is 13.1. The van der Waals surface area contributed by atoms with Crippen LogP contribution in [-0.4, -0.2) is 15.5 Å². The summed E-state index contributed by atoms with van der Waals surface area (Å²) in [5.41, 5.74) is 3.46. The van der Waals surface area contributed by atoms with Gasteiger partial charge in [0.05, 0.1) is 17.4 Å². The van der Waals surface area contributed by atoms with Crippen LogP contribution in [0.5, 0.6) is 0 Å². The molecule has 2 heterocycles. The molecule has 2 aromatic heterocycles. The summed E-state index contributed by atoms with van der Waals surface area (Å²) in [5, 5.41) is 7.90. The highest BCUT2D eigenvalue weighted by Gasteiger charge is 2.24. The Morgan fingerprint density at radius 3 is 2.18 bits per heavy atom. The quantitative estimate of drug-likeness (QED) is 0.620. The lowest BCUT2D eigenvalue weighted by Crippen LogP contribution is -2.24.